The van der Waals surface area contributed by atoms with Gasteiger partial charge in [-0.15, -0.1) is 0 Å². The Kier molecular flexibility index (Phi) is 2.38. The molecular formula is C8H7N3O2S. The van der Waals surface area contributed by atoms with Gasteiger partial charge in [-0.25, -0.2) is 13.9 Å². The zero-order valence-corrected chi connectivity index (χ0v) is 7.89. The first-order chi connectivity index (χ1) is 6.77. The Morgan fingerprint density at radius 3 is 2.79 bits per heavy atom. The highest BCUT2D eigenvalue weighted by molar-refractivity contribution is 7.79. The molecule has 1 unspecified atom stereocenters. The van der Waals surface area contributed by atoms with Gasteiger partial charge in [-0.2, -0.15) is 5.10 Å². The van der Waals surface area contributed by atoms with Crippen LogP contribution in [-0.2, 0) is 11.1 Å². The van der Waals surface area contributed by atoms with Crippen LogP contribution in [0.25, 0.3) is 5.82 Å². The molecule has 2 aromatic rings. The quantitative estimate of drug-likeness (QED) is 0.744. The van der Waals surface area contributed by atoms with E-state index in [0.29, 0.717) is 5.82 Å². The molecule has 0 aliphatic heterocycles. The molecular weight excluding hydrogens is 202 g/mol. The van der Waals surface area contributed by atoms with Gasteiger partial charge < -0.3 is 4.55 Å². The Morgan fingerprint density at radius 2 is 2.29 bits per heavy atom. The molecule has 1 N–H and O–H groups in total. The molecule has 0 amide bonds. The van der Waals surface area contributed by atoms with Crippen molar-refractivity contribution in [1.29, 1.82) is 0 Å². The maximum Gasteiger partial charge on any atom is 0.188 e. The maximum atomic E-state index is 10.6. The monoisotopic (exact) mass is 209 g/mol. The summed E-state index contributed by atoms with van der Waals surface area (Å²) in [5.41, 5.74) is 0. The minimum atomic E-state index is -1.98. The van der Waals surface area contributed by atoms with Crippen molar-refractivity contribution in [2.75, 3.05) is 0 Å². The van der Waals surface area contributed by atoms with Gasteiger partial charge in [0, 0.05) is 18.6 Å². The van der Waals surface area contributed by atoms with Crippen LogP contribution in [0.15, 0.2) is 41.7 Å². The standard InChI is InChI=1S/C8H7N3O2S/c12-14(13)7-2-3-8(9-6-7)11-5-1-4-10-11/h1-6H,(H,12,13). The number of pyridine rings is 1. The van der Waals surface area contributed by atoms with Crippen molar-refractivity contribution in [3.8, 4) is 5.82 Å². The van der Waals surface area contributed by atoms with E-state index in [2.05, 4.69) is 10.1 Å². The average molecular weight is 209 g/mol. The number of hydrogen-bond donors (Lipinski definition) is 1. The molecule has 72 valence electrons. The lowest BCUT2D eigenvalue weighted by atomic mass is 10.5. The number of aromatic nitrogens is 3. The first-order valence-electron chi connectivity index (χ1n) is 3.84. The van der Waals surface area contributed by atoms with Gasteiger partial charge in [0.25, 0.3) is 0 Å². The van der Waals surface area contributed by atoms with Crippen LogP contribution in [0.3, 0.4) is 0 Å². The topological polar surface area (TPSA) is 68.0 Å². The van der Waals surface area contributed by atoms with Crippen LogP contribution < -0.4 is 0 Å². The highest BCUT2D eigenvalue weighted by Gasteiger charge is 2.01. The van der Waals surface area contributed by atoms with E-state index in [1.165, 1.54) is 6.20 Å². The molecule has 6 heteroatoms. The molecule has 0 aliphatic carbocycles. The van der Waals surface area contributed by atoms with Crippen molar-refractivity contribution in [2.45, 2.75) is 4.90 Å². The third-order valence-corrected chi connectivity index (χ3v) is 2.31. The summed E-state index contributed by atoms with van der Waals surface area (Å²) in [5.74, 6) is 0.615. The maximum absolute atomic E-state index is 10.6. The Labute approximate surface area is 82.7 Å². The summed E-state index contributed by atoms with van der Waals surface area (Å²) in [6, 6.07) is 4.95. The highest BCUT2D eigenvalue weighted by Crippen LogP contribution is 2.06. The van der Waals surface area contributed by atoms with Crippen LogP contribution in [-0.4, -0.2) is 23.5 Å². The van der Waals surface area contributed by atoms with Crippen LogP contribution in [0, 0.1) is 0 Å². The fourth-order valence-electron chi connectivity index (χ4n) is 1.02. The molecule has 5 nitrogen and oxygen atoms in total. The molecule has 0 aliphatic rings. The van der Waals surface area contributed by atoms with Gasteiger partial charge in [0.1, 0.15) is 0 Å². The van der Waals surface area contributed by atoms with Crippen molar-refractivity contribution in [1.82, 2.24) is 14.8 Å². The van der Waals surface area contributed by atoms with E-state index >= 15 is 0 Å². The highest BCUT2D eigenvalue weighted by atomic mass is 32.2. The van der Waals surface area contributed by atoms with E-state index in [4.69, 9.17) is 4.55 Å². The van der Waals surface area contributed by atoms with Crippen molar-refractivity contribution in [3.05, 3.63) is 36.8 Å². The van der Waals surface area contributed by atoms with Gasteiger partial charge in [0.15, 0.2) is 16.9 Å². The summed E-state index contributed by atoms with van der Waals surface area (Å²) in [4.78, 5) is 4.27. The SMILES string of the molecule is O=S(O)c1ccc(-n2cccn2)nc1. The van der Waals surface area contributed by atoms with Crippen LogP contribution >= 0.6 is 0 Å². The molecule has 0 saturated heterocycles. The third-order valence-electron chi connectivity index (χ3n) is 1.66. The summed E-state index contributed by atoms with van der Waals surface area (Å²) in [6.07, 6.45) is 4.74. The fourth-order valence-corrected chi connectivity index (χ4v) is 1.34. The summed E-state index contributed by atoms with van der Waals surface area (Å²) in [7, 11) is 0. The first-order valence-corrected chi connectivity index (χ1v) is 4.95. The lowest BCUT2D eigenvalue weighted by molar-refractivity contribution is 0.564. The largest absolute Gasteiger partial charge is 0.302 e. The Morgan fingerprint density at radius 1 is 1.43 bits per heavy atom. The van der Waals surface area contributed by atoms with Crippen molar-refractivity contribution in [3.63, 3.8) is 0 Å². The van der Waals surface area contributed by atoms with E-state index in [1.54, 1.807) is 35.3 Å². The molecule has 0 bridgehead atoms. The van der Waals surface area contributed by atoms with Gasteiger partial charge in [-0.3, -0.25) is 0 Å². The van der Waals surface area contributed by atoms with Gasteiger partial charge in [-0.05, 0) is 18.2 Å². The van der Waals surface area contributed by atoms with E-state index < -0.39 is 11.1 Å². The molecule has 2 rings (SSSR count). The minimum absolute atomic E-state index is 0.279. The molecule has 2 heterocycles. The van der Waals surface area contributed by atoms with Gasteiger partial charge >= 0.3 is 0 Å². The van der Waals surface area contributed by atoms with Crippen LogP contribution in [0.2, 0.25) is 0 Å². The van der Waals surface area contributed by atoms with Crippen molar-refractivity contribution < 1.29 is 8.76 Å². The summed E-state index contributed by atoms with van der Waals surface area (Å²) in [5, 5.41) is 3.98. The Balaban J connectivity index is 2.36. The number of rotatable bonds is 2. The second-order valence-electron chi connectivity index (χ2n) is 2.55. The minimum Gasteiger partial charge on any atom is -0.302 e. The lowest BCUT2D eigenvalue weighted by Crippen LogP contribution is -1.98. The lowest BCUT2D eigenvalue weighted by Gasteiger charge is -1.99. The van der Waals surface area contributed by atoms with E-state index in [9.17, 15) is 4.21 Å². The van der Waals surface area contributed by atoms with Crippen LogP contribution in [0.4, 0.5) is 0 Å². The summed E-state index contributed by atoms with van der Waals surface area (Å²) >= 11 is -1.98. The molecule has 14 heavy (non-hydrogen) atoms. The van der Waals surface area contributed by atoms with Crippen molar-refractivity contribution in [2.24, 2.45) is 0 Å². The fraction of sp³-hybridized carbons (Fsp3) is 0. The zero-order chi connectivity index (χ0) is 9.97. The molecule has 0 fully saturated rings. The second kappa shape index (κ2) is 3.69. The summed E-state index contributed by atoms with van der Waals surface area (Å²) < 4.78 is 21.0. The van der Waals surface area contributed by atoms with Gasteiger partial charge in [0.05, 0.1) is 4.90 Å². The van der Waals surface area contributed by atoms with Gasteiger partial charge in [0.2, 0.25) is 0 Å². The van der Waals surface area contributed by atoms with Crippen LogP contribution in [0.5, 0.6) is 0 Å². The van der Waals surface area contributed by atoms with Gasteiger partial charge in [-0.1, -0.05) is 0 Å². The first kappa shape index (κ1) is 9.04. The smallest absolute Gasteiger partial charge is 0.188 e. The van der Waals surface area contributed by atoms with E-state index in [-0.39, 0.29) is 4.90 Å². The Bertz CT molecular complexity index is 438. The molecule has 0 aromatic carbocycles. The van der Waals surface area contributed by atoms with Crippen molar-refractivity contribution >= 4 is 11.1 Å². The predicted octanol–water partition coefficient (Wildman–Crippen LogP) is 0.848. The molecule has 0 saturated carbocycles. The number of hydrogen-bond acceptors (Lipinski definition) is 3. The zero-order valence-electron chi connectivity index (χ0n) is 7.07. The Hall–Kier alpha value is -1.53. The molecule has 2 aromatic heterocycles. The van der Waals surface area contributed by atoms with E-state index in [1.807, 2.05) is 0 Å². The molecule has 0 spiro atoms. The van der Waals surface area contributed by atoms with E-state index in [0.717, 1.165) is 0 Å². The second-order valence-corrected chi connectivity index (χ2v) is 3.52. The summed E-state index contributed by atoms with van der Waals surface area (Å²) in [6.45, 7) is 0. The molecule has 0 radical (unpaired) electrons. The normalized spacial score (nSPS) is 12.6. The molecule has 1 atom stereocenters. The number of nitrogens with zero attached hydrogens (tertiary/aromatic N) is 3. The third kappa shape index (κ3) is 1.70. The van der Waals surface area contributed by atoms with Crippen LogP contribution in [0.1, 0.15) is 0 Å². The predicted molar refractivity (Wildman–Crippen MR) is 50.4 cm³/mol. The average Bonchev–Trinajstić information content (AvgIpc) is 2.71.